The number of rotatable bonds is 20. The van der Waals surface area contributed by atoms with Gasteiger partial charge >= 0.3 is 0 Å². The van der Waals surface area contributed by atoms with Crippen LogP contribution in [-0.2, 0) is 0 Å². The molecule has 3 aromatic rings. The highest BCUT2D eigenvalue weighted by molar-refractivity contribution is 5.56. The lowest BCUT2D eigenvalue weighted by atomic mass is 10.1. The van der Waals surface area contributed by atoms with Gasteiger partial charge in [0.25, 0.3) is 0 Å². The first-order valence-corrected chi connectivity index (χ1v) is 14.2. The van der Waals surface area contributed by atoms with Gasteiger partial charge in [0.1, 0.15) is 11.5 Å². The maximum Gasteiger partial charge on any atom is 0.159 e. The molecule has 200 valence electrons. The molecule has 0 aliphatic heterocycles. The van der Waals surface area contributed by atoms with E-state index in [0.717, 1.165) is 61.9 Å². The van der Waals surface area contributed by atoms with Crippen molar-refractivity contribution in [2.24, 2.45) is 0 Å². The van der Waals surface area contributed by atoms with Crippen molar-refractivity contribution in [3.8, 4) is 28.6 Å². The van der Waals surface area contributed by atoms with Gasteiger partial charge in [-0.15, -0.1) is 0 Å². The first-order chi connectivity index (χ1) is 18.3. The molecule has 5 heteroatoms. The largest absolute Gasteiger partial charge is 0.494 e. The van der Waals surface area contributed by atoms with Crippen LogP contribution in [0.2, 0.25) is 0 Å². The Morgan fingerprint density at radius 3 is 1.49 bits per heavy atom. The van der Waals surface area contributed by atoms with Crippen LogP contribution in [0.15, 0.2) is 67.0 Å². The average molecular weight is 505 g/mol. The quantitative estimate of drug-likeness (QED) is 0.144. The van der Waals surface area contributed by atoms with Gasteiger partial charge in [-0.25, -0.2) is 9.97 Å². The van der Waals surface area contributed by atoms with E-state index in [-0.39, 0.29) is 0 Å². The second kappa shape index (κ2) is 18.2. The monoisotopic (exact) mass is 504 g/mol. The Kier molecular flexibility index (Phi) is 14.0. The molecule has 0 fully saturated rings. The third-order valence-electron chi connectivity index (χ3n) is 6.33. The molecule has 0 spiro atoms. The smallest absolute Gasteiger partial charge is 0.159 e. The van der Waals surface area contributed by atoms with Gasteiger partial charge in [0.05, 0.1) is 32.2 Å². The molecule has 2 aromatic carbocycles. The van der Waals surface area contributed by atoms with Crippen LogP contribution in [0.25, 0.3) is 11.4 Å². The Bertz CT molecular complexity index is 946. The van der Waals surface area contributed by atoms with Gasteiger partial charge in [-0.3, -0.25) is 0 Å². The van der Waals surface area contributed by atoms with Crippen LogP contribution in [0.5, 0.6) is 17.2 Å². The van der Waals surface area contributed by atoms with Gasteiger partial charge in [0.15, 0.2) is 11.6 Å². The SMILES string of the molecule is CCCCCCCOc1cnc(-c2ccc(OCCCCCCCCCOc3ccccc3)cc2)nc1. The molecule has 0 radical (unpaired) electrons. The van der Waals surface area contributed by atoms with Crippen LogP contribution in [0.3, 0.4) is 0 Å². The fraction of sp³-hybridized carbons (Fsp3) is 0.500. The van der Waals surface area contributed by atoms with Crippen molar-refractivity contribution in [1.82, 2.24) is 9.97 Å². The lowest BCUT2D eigenvalue weighted by Gasteiger charge is -2.08. The van der Waals surface area contributed by atoms with Gasteiger partial charge < -0.3 is 14.2 Å². The third kappa shape index (κ3) is 12.1. The normalized spacial score (nSPS) is 10.8. The summed E-state index contributed by atoms with van der Waals surface area (Å²) in [7, 11) is 0. The number of hydrogen-bond acceptors (Lipinski definition) is 5. The van der Waals surface area contributed by atoms with Crippen molar-refractivity contribution in [2.45, 2.75) is 84.0 Å². The molecule has 3 rings (SSSR count). The zero-order valence-electron chi connectivity index (χ0n) is 22.6. The minimum Gasteiger partial charge on any atom is -0.494 e. The average Bonchev–Trinajstić information content (AvgIpc) is 2.95. The highest BCUT2D eigenvalue weighted by Crippen LogP contribution is 2.21. The summed E-state index contributed by atoms with van der Waals surface area (Å²) >= 11 is 0. The van der Waals surface area contributed by atoms with Crippen molar-refractivity contribution >= 4 is 0 Å². The molecule has 0 aliphatic rings. The Labute approximate surface area is 223 Å². The van der Waals surface area contributed by atoms with Gasteiger partial charge in [-0.05, 0) is 55.7 Å². The Balaban J connectivity index is 1.20. The Morgan fingerprint density at radius 2 is 0.946 bits per heavy atom. The van der Waals surface area contributed by atoms with E-state index in [0.29, 0.717) is 5.82 Å². The third-order valence-corrected chi connectivity index (χ3v) is 6.33. The van der Waals surface area contributed by atoms with Crippen molar-refractivity contribution in [1.29, 1.82) is 0 Å². The predicted molar refractivity (Wildman–Crippen MR) is 151 cm³/mol. The molecule has 1 aromatic heterocycles. The van der Waals surface area contributed by atoms with E-state index >= 15 is 0 Å². The van der Waals surface area contributed by atoms with Crippen LogP contribution in [0.4, 0.5) is 0 Å². The molecule has 0 aliphatic carbocycles. The van der Waals surface area contributed by atoms with Crippen molar-refractivity contribution in [3.63, 3.8) is 0 Å². The number of nitrogens with zero attached hydrogens (tertiary/aromatic N) is 2. The fourth-order valence-corrected chi connectivity index (χ4v) is 4.12. The molecule has 0 saturated heterocycles. The summed E-state index contributed by atoms with van der Waals surface area (Å²) in [5, 5.41) is 0. The Hall–Kier alpha value is -3.08. The maximum absolute atomic E-state index is 5.92. The second-order valence-corrected chi connectivity index (χ2v) is 9.51. The van der Waals surface area contributed by atoms with E-state index in [1.165, 1.54) is 57.8 Å². The first kappa shape index (κ1) is 28.5. The molecule has 37 heavy (non-hydrogen) atoms. The van der Waals surface area contributed by atoms with Crippen LogP contribution in [0.1, 0.15) is 84.0 Å². The molecule has 0 N–H and O–H groups in total. The lowest BCUT2D eigenvalue weighted by molar-refractivity contribution is 0.299. The van der Waals surface area contributed by atoms with E-state index < -0.39 is 0 Å². The molecule has 0 saturated carbocycles. The highest BCUT2D eigenvalue weighted by atomic mass is 16.5. The van der Waals surface area contributed by atoms with Crippen molar-refractivity contribution in [2.75, 3.05) is 19.8 Å². The molecule has 0 amide bonds. The van der Waals surface area contributed by atoms with Gasteiger partial charge in [0, 0.05) is 5.56 Å². The first-order valence-electron chi connectivity index (χ1n) is 14.2. The zero-order valence-corrected chi connectivity index (χ0v) is 22.6. The molecule has 0 unspecified atom stereocenters. The molecular weight excluding hydrogens is 460 g/mol. The predicted octanol–water partition coefficient (Wildman–Crippen LogP) is 8.68. The topological polar surface area (TPSA) is 53.5 Å². The maximum atomic E-state index is 5.92. The summed E-state index contributed by atoms with van der Waals surface area (Å²) in [4.78, 5) is 8.93. The summed E-state index contributed by atoms with van der Waals surface area (Å²) < 4.78 is 17.4. The van der Waals surface area contributed by atoms with E-state index in [9.17, 15) is 0 Å². The van der Waals surface area contributed by atoms with Gasteiger partial charge in [-0.2, -0.15) is 0 Å². The molecular formula is C32H44N2O3. The van der Waals surface area contributed by atoms with E-state index in [1.54, 1.807) is 12.4 Å². The van der Waals surface area contributed by atoms with E-state index in [1.807, 2.05) is 54.6 Å². The summed E-state index contributed by atoms with van der Waals surface area (Å²) in [6.45, 7) is 4.52. The highest BCUT2D eigenvalue weighted by Gasteiger charge is 2.04. The number of aromatic nitrogens is 2. The fourth-order valence-electron chi connectivity index (χ4n) is 4.12. The molecule has 1 heterocycles. The van der Waals surface area contributed by atoms with Gasteiger partial charge in [0.2, 0.25) is 0 Å². The minimum atomic E-state index is 0.702. The summed E-state index contributed by atoms with van der Waals surface area (Å²) in [5.41, 5.74) is 0.979. The standard InChI is InChI=1S/C32H44N2O3/c1-2-3-4-8-14-25-37-31-26-33-32(34-27-31)28-19-21-30(22-20-28)36-24-16-10-7-5-6-9-15-23-35-29-17-12-11-13-18-29/h11-13,17-22,26-27H,2-10,14-16,23-25H2,1H3. The Morgan fingerprint density at radius 1 is 0.486 bits per heavy atom. The summed E-state index contributed by atoms with van der Waals surface area (Å²) in [6, 6.07) is 18.1. The number of benzene rings is 2. The van der Waals surface area contributed by atoms with Crippen LogP contribution in [0, 0.1) is 0 Å². The van der Waals surface area contributed by atoms with Crippen LogP contribution in [-0.4, -0.2) is 29.8 Å². The van der Waals surface area contributed by atoms with Crippen molar-refractivity contribution in [3.05, 3.63) is 67.0 Å². The summed E-state index contributed by atoms with van der Waals surface area (Å²) in [6.07, 6.45) is 18.1. The number of hydrogen-bond donors (Lipinski definition) is 0. The molecule has 0 bridgehead atoms. The lowest BCUT2D eigenvalue weighted by Crippen LogP contribution is -1.99. The van der Waals surface area contributed by atoms with Crippen LogP contribution < -0.4 is 14.2 Å². The number of ether oxygens (including phenoxy) is 3. The molecule has 5 nitrogen and oxygen atoms in total. The number of para-hydroxylation sites is 1. The minimum absolute atomic E-state index is 0.702. The van der Waals surface area contributed by atoms with Crippen LogP contribution >= 0.6 is 0 Å². The van der Waals surface area contributed by atoms with Gasteiger partial charge in [-0.1, -0.05) is 82.9 Å². The van der Waals surface area contributed by atoms with Crippen molar-refractivity contribution < 1.29 is 14.2 Å². The van der Waals surface area contributed by atoms with E-state index in [2.05, 4.69) is 16.9 Å². The van der Waals surface area contributed by atoms with E-state index in [4.69, 9.17) is 14.2 Å². The second-order valence-electron chi connectivity index (χ2n) is 9.51. The summed E-state index contributed by atoms with van der Waals surface area (Å²) in [5.74, 6) is 3.29. The molecule has 0 atom stereocenters. The zero-order chi connectivity index (χ0) is 25.8. The number of unbranched alkanes of at least 4 members (excludes halogenated alkanes) is 10.